The molecule has 1 atom stereocenters. The second-order valence-electron chi connectivity index (χ2n) is 5.67. The third kappa shape index (κ3) is 3.62. The predicted molar refractivity (Wildman–Crippen MR) is 79.7 cm³/mol. The summed E-state index contributed by atoms with van der Waals surface area (Å²) in [5.74, 6) is 1.87. The first-order valence-corrected chi connectivity index (χ1v) is 7.32. The Labute approximate surface area is 120 Å². The average Bonchev–Trinajstić information content (AvgIpc) is 3.19. The smallest absolute Gasteiger partial charge is 0.141 e. The van der Waals surface area contributed by atoms with Crippen molar-refractivity contribution in [2.45, 2.75) is 38.6 Å². The molecule has 1 fully saturated rings. The van der Waals surface area contributed by atoms with Crippen LogP contribution in [-0.4, -0.2) is 13.2 Å². The lowest BCUT2D eigenvalue weighted by Crippen LogP contribution is -2.21. The molecule has 1 aromatic rings. The molecule has 3 nitrogen and oxygen atoms in total. The molecule has 19 heavy (non-hydrogen) atoms. The van der Waals surface area contributed by atoms with Crippen LogP contribution >= 0.6 is 11.6 Å². The van der Waals surface area contributed by atoms with E-state index in [1.165, 1.54) is 12.8 Å². The Hall–Kier alpha value is -0.770. The molecule has 106 valence electrons. The van der Waals surface area contributed by atoms with Crippen LogP contribution in [0.5, 0.6) is 5.75 Å². The molecule has 0 heterocycles. The number of rotatable bonds is 6. The first-order valence-electron chi connectivity index (χ1n) is 6.94. The number of nitrogens with two attached hydrogens (primary N) is 2. The van der Waals surface area contributed by atoms with Gasteiger partial charge in [0.2, 0.25) is 0 Å². The van der Waals surface area contributed by atoms with E-state index < -0.39 is 0 Å². The van der Waals surface area contributed by atoms with E-state index >= 15 is 0 Å². The molecule has 2 rings (SSSR count). The van der Waals surface area contributed by atoms with Crippen molar-refractivity contribution in [3.8, 4) is 5.75 Å². The summed E-state index contributed by atoms with van der Waals surface area (Å²) < 4.78 is 5.92. The van der Waals surface area contributed by atoms with E-state index in [1.54, 1.807) is 0 Å². The van der Waals surface area contributed by atoms with Crippen molar-refractivity contribution in [2.75, 3.05) is 13.2 Å². The fourth-order valence-electron chi connectivity index (χ4n) is 2.05. The summed E-state index contributed by atoms with van der Waals surface area (Å²) in [6.45, 7) is 5.44. The van der Waals surface area contributed by atoms with Crippen LogP contribution in [0.4, 0.5) is 0 Å². The van der Waals surface area contributed by atoms with Gasteiger partial charge in [0, 0.05) is 12.6 Å². The van der Waals surface area contributed by atoms with Crippen molar-refractivity contribution >= 4 is 11.6 Å². The molecule has 1 unspecified atom stereocenters. The molecule has 1 aromatic carbocycles. The second-order valence-corrected chi connectivity index (χ2v) is 6.08. The van der Waals surface area contributed by atoms with Crippen LogP contribution in [0.1, 0.15) is 49.8 Å². The first-order chi connectivity index (χ1) is 9.02. The van der Waals surface area contributed by atoms with Gasteiger partial charge >= 0.3 is 0 Å². The minimum absolute atomic E-state index is 0.174. The van der Waals surface area contributed by atoms with Gasteiger partial charge in [-0.1, -0.05) is 31.5 Å². The van der Waals surface area contributed by atoms with Gasteiger partial charge in [-0.2, -0.15) is 0 Å². The van der Waals surface area contributed by atoms with Gasteiger partial charge in [-0.25, -0.2) is 0 Å². The van der Waals surface area contributed by atoms with Crippen molar-refractivity contribution in [2.24, 2.45) is 17.4 Å². The van der Waals surface area contributed by atoms with Gasteiger partial charge in [0.25, 0.3) is 0 Å². The molecular weight excluding hydrogens is 260 g/mol. The highest BCUT2D eigenvalue weighted by molar-refractivity contribution is 6.32. The largest absolute Gasteiger partial charge is 0.491 e. The lowest BCUT2D eigenvalue weighted by Gasteiger charge is -2.19. The standard InChI is InChI=1S/C15H23ClN2O/c1-9(2)12-5-11(14(18)7-17)6-13(16)15(12)19-8-10-3-4-10/h5-6,9-10,14H,3-4,7-8,17-18H2,1-2H3. The van der Waals surface area contributed by atoms with Crippen molar-refractivity contribution in [3.63, 3.8) is 0 Å². The lowest BCUT2D eigenvalue weighted by molar-refractivity contribution is 0.296. The van der Waals surface area contributed by atoms with Crippen LogP contribution in [-0.2, 0) is 0 Å². The summed E-state index contributed by atoms with van der Waals surface area (Å²) in [4.78, 5) is 0. The number of ether oxygens (including phenoxy) is 1. The molecular formula is C15H23ClN2O. The van der Waals surface area contributed by atoms with Gasteiger partial charge < -0.3 is 16.2 Å². The van der Waals surface area contributed by atoms with Crippen molar-refractivity contribution in [3.05, 3.63) is 28.3 Å². The summed E-state index contributed by atoms with van der Waals surface area (Å²) in [6, 6.07) is 3.79. The molecule has 4 heteroatoms. The van der Waals surface area contributed by atoms with Gasteiger partial charge in [-0.15, -0.1) is 0 Å². The molecule has 1 aliphatic rings. The Morgan fingerprint density at radius 1 is 1.37 bits per heavy atom. The molecule has 0 aromatic heterocycles. The van der Waals surface area contributed by atoms with Gasteiger partial charge in [-0.3, -0.25) is 0 Å². The zero-order chi connectivity index (χ0) is 14.0. The van der Waals surface area contributed by atoms with Crippen molar-refractivity contribution in [1.82, 2.24) is 0 Å². The molecule has 0 amide bonds. The van der Waals surface area contributed by atoms with E-state index in [0.717, 1.165) is 23.5 Å². The highest BCUT2D eigenvalue weighted by Gasteiger charge is 2.24. The van der Waals surface area contributed by atoms with Crippen LogP contribution in [0.25, 0.3) is 0 Å². The monoisotopic (exact) mass is 282 g/mol. The molecule has 0 radical (unpaired) electrons. The fourth-order valence-corrected chi connectivity index (χ4v) is 2.34. The maximum absolute atomic E-state index is 6.36. The van der Waals surface area contributed by atoms with E-state index in [0.29, 0.717) is 23.4 Å². The average molecular weight is 283 g/mol. The first kappa shape index (κ1) is 14.6. The number of hydrogen-bond donors (Lipinski definition) is 2. The summed E-state index contributed by atoms with van der Waals surface area (Å²) in [5.41, 5.74) is 13.7. The third-order valence-corrected chi connectivity index (χ3v) is 3.84. The molecule has 1 aliphatic carbocycles. The van der Waals surface area contributed by atoms with E-state index in [2.05, 4.69) is 19.9 Å². The van der Waals surface area contributed by atoms with Gasteiger partial charge in [0.05, 0.1) is 11.6 Å². The molecule has 0 aliphatic heterocycles. The predicted octanol–water partition coefficient (Wildman–Crippen LogP) is 3.21. The Morgan fingerprint density at radius 2 is 2.05 bits per heavy atom. The third-order valence-electron chi connectivity index (χ3n) is 3.56. The Bertz CT molecular complexity index is 444. The molecule has 0 saturated heterocycles. The number of benzene rings is 1. The molecule has 0 bridgehead atoms. The SMILES string of the molecule is CC(C)c1cc(C(N)CN)cc(Cl)c1OCC1CC1. The summed E-state index contributed by atoms with van der Waals surface area (Å²) in [6.07, 6.45) is 2.54. The fraction of sp³-hybridized carbons (Fsp3) is 0.600. The molecule has 0 spiro atoms. The maximum atomic E-state index is 6.36. The van der Waals surface area contributed by atoms with Gasteiger partial charge in [0.1, 0.15) is 5.75 Å². The minimum Gasteiger partial charge on any atom is -0.491 e. The van der Waals surface area contributed by atoms with E-state index in [-0.39, 0.29) is 6.04 Å². The summed E-state index contributed by atoms with van der Waals surface area (Å²) >= 11 is 6.36. The normalized spacial score (nSPS) is 16.7. The van der Waals surface area contributed by atoms with Crippen LogP contribution in [0.3, 0.4) is 0 Å². The number of halogens is 1. The molecule has 1 saturated carbocycles. The topological polar surface area (TPSA) is 61.3 Å². The van der Waals surface area contributed by atoms with Crippen LogP contribution in [0.2, 0.25) is 5.02 Å². The quantitative estimate of drug-likeness (QED) is 0.842. The van der Waals surface area contributed by atoms with Crippen LogP contribution < -0.4 is 16.2 Å². The highest BCUT2D eigenvalue weighted by atomic mass is 35.5. The Balaban J connectivity index is 2.28. The van der Waals surface area contributed by atoms with E-state index in [4.69, 9.17) is 27.8 Å². The minimum atomic E-state index is -0.174. The lowest BCUT2D eigenvalue weighted by atomic mass is 9.96. The summed E-state index contributed by atoms with van der Waals surface area (Å²) in [7, 11) is 0. The summed E-state index contributed by atoms with van der Waals surface area (Å²) in [5, 5.41) is 0.644. The zero-order valence-electron chi connectivity index (χ0n) is 11.7. The van der Waals surface area contributed by atoms with E-state index in [9.17, 15) is 0 Å². The second kappa shape index (κ2) is 6.12. The van der Waals surface area contributed by atoms with Gasteiger partial charge in [0.15, 0.2) is 0 Å². The Kier molecular flexibility index (Phi) is 4.71. The van der Waals surface area contributed by atoms with Gasteiger partial charge in [-0.05, 0) is 41.9 Å². The molecule has 4 N–H and O–H groups in total. The van der Waals surface area contributed by atoms with Crippen LogP contribution in [0, 0.1) is 5.92 Å². The van der Waals surface area contributed by atoms with Crippen LogP contribution in [0.15, 0.2) is 12.1 Å². The van der Waals surface area contributed by atoms with E-state index in [1.807, 2.05) is 6.07 Å². The highest BCUT2D eigenvalue weighted by Crippen LogP contribution is 2.38. The van der Waals surface area contributed by atoms with Crippen molar-refractivity contribution < 1.29 is 4.74 Å². The maximum Gasteiger partial charge on any atom is 0.141 e. The zero-order valence-corrected chi connectivity index (χ0v) is 12.4. The number of hydrogen-bond acceptors (Lipinski definition) is 3. The van der Waals surface area contributed by atoms with Crippen molar-refractivity contribution in [1.29, 1.82) is 0 Å². The Morgan fingerprint density at radius 3 is 2.58 bits per heavy atom.